The van der Waals surface area contributed by atoms with Crippen LogP contribution >= 0.6 is 15.9 Å². The van der Waals surface area contributed by atoms with Crippen molar-refractivity contribution < 1.29 is 4.74 Å². The number of benzene rings is 1. The molecule has 1 aromatic heterocycles. The fraction of sp³-hybridized carbons (Fsp3) is 0.231. The Balaban J connectivity index is 1.90. The van der Waals surface area contributed by atoms with Gasteiger partial charge in [0, 0.05) is 12.7 Å². The quantitative estimate of drug-likeness (QED) is 0.884. The van der Waals surface area contributed by atoms with Gasteiger partial charge in [-0.1, -0.05) is 12.1 Å². The molecule has 5 nitrogen and oxygen atoms in total. The summed E-state index contributed by atoms with van der Waals surface area (Å²) < 4.78 is 5.92. The number of nitrogens with one attached hydrogen (secondary N) is 1. The van der Waals surface area contributed by atoms with Gasteiger partial charge in [-0.3, -0.25) is 0 Å². The first-order valence-electron chi connectivity index (χ1n) is 5.84. The number of nitrogen functional groups attached to an aromatic ring is 1. The van der Waals surface area contributed by atoms with Crippen molar-refractivity contribution in [1.29, 1.82) is 0 Å². The van der Waals surface area contributed by atoms with Gasteiger partial charge in [-0.05, 0) is 40.0 Å². The molecule has 0 aliphatic heterocycles. The molecular formula is C13H15BrN4O. The smallest absolute Gasteiger partial charge is 0.221 e. The average Bonchev–Trinajstić information content (AvgIpc) is 2.43. The lowest BCUT2D eigenvalue weighted by molar-refractivity contribution is 0.414. The summed E-state index contributed by atoms with van der Waals surface area (Å²) in [4.78, 5) is 8.01. The zero-order valence-corrected chi connectivity index (χ0v) is 12.1. The largest absolute Gasteiger partial charge is 0.497 e. The Morgan fingerprint density at radius 2 is 2.05 bits per heavy atom. The summed E-state index contributed by atoms with van der Waals surface area (Å²) in [6.45, 7) is 0.765. The monoisotopic (exact) mass is 322 g/mol. The zero-order chi connectivity index (χ0) is 13.7. The van der Waals surface area contributed by atoms with Crippen LogP contribution in [0.5, 0.6) is 5.75 Å². The highest BCUT2D eigenvalue weighted by Gasteiger charge is 2.02. The van der Waals surface area contributed by atoms with Crippen molar-refractivity contribution in [2.75, 3.05) is 24.7 Å². The van der Waals surface area contributed by atoms with Crippen LogP contribution < -0.4 is 15.8 Å². The van der Waals surface area contributed by atoms with Gasteiger partial charge in [-0.2, -0.15) is 4.98 Å². The zero-order valence-electron chi connectivity index (χ0n) is 10.6. The highest BCUT2D eigenvalue weighted by Crippen LogP contribution is 2.19. The lowest BCUT2D eigenvalue weighted by atomic mass is 10.1. The van der Waals surface area contributed by atoms with E-state index in [0.29, 0.717) is 5.82 Å². The van der Waals surface area contributed by atoms with E-state index in [9.17, 15) is 0 Å². The number of halogens is 1. The van der Waals surface area contributed by atoms with Crippen molar-refractivity contribution >= 4 is 27.7 Å². The predicted molar refractivity (Wildman–Crippen MR) is 79.3 cm³/mol. The maximum atomic E-state index is 5.55. The Hall–Kier alpha value is -1.82. The molecule has 0 saturated heterocycles. The summed E-state index contributed by atoms with van der Waals surface area (Å²) in [6.07, 6.45) is 2.53. The van der Waals surface area contributed by atoms with E-state index in [0.717, 1.165) is 23.2 Å². The van der Waals surface area contributed by atoms with E-state index in [1.807, 2.05) is 24.3 Å². The molecule has 3 N–H and O–H groups in total. The number of methoxy groups -OCH3 is 1. The lowest BCUT2D eigenvalue weighted by Gasteiger charge is -2.08. The molecule has 0 fully saturated rings. The molecule has 2 rings (SSSR count). The third kappa shape index (κ3) is 3.82. The van der Waals surface area contributed by atoms with Crippen LogP contribution in [0, 0.1) is 0 Å². The van der Waals surface area contributed by atoms with Crippen molar-refractivity contribution in [2.45, 2.75) is 6.42 Å². The third-order valence-electron chi connectivity index (χ3n) is 2.63. The number of hydrogen-bond donors (Lipinski definition) is 2. The Kier molecular flexibility index (Phi) is 4.57. The molecule has 0 spiro atoms. The number of anilines is 2. The van der Waals surface area contributed by atoms with Gasteiger partial charge < -0.3 is 15.8 Å². The summed E-state index contributed by atoms with van der Waals surface area (Å²) in [7, 11) is 1.66. The Labute approximate surface area is 120 Å². The van der Waals surface area contributed by atoms with Crippen LogP contribution in [0.1, 0.15) is 5.56 Å². The minimum atomic E-state index is 0.259. The summed E-state index contributed by atoms with van der Waals surface area (Å²) in [6, 6.07) is 8.00. The molecular weight excluding hydrogens is 308 g/mol. The number of rotatable bonds is 5. The molecule has 0 unspecified atom stereocenters. The molecule has 0 atom stereocenters. The number of nitrogens with two attached hydrogens (primary N) is 1. The highest BCUT2D eigenvalue weighted by molar-refractivity contribution is 9.10. The fourth-order valence-corrected chi connectivity index (χ4v) is 1.95. The topological polar surface area (TPSA) is 73.1 Å². The average molecular weight is 323 g/mol. The van der Waals surface area contributed by atoms with Crippen LogP contribution in [-0.4, -0.2) is 23.6 Å². The van der Waals surface area contributed by atoms with Gasteiger partial charge in [0.1, 0.15) is 11.6 Å². The van der Waals surface area contributed by atoms with Crippen molar-refractivity contribution in [2.24, 2.45) is 0 Å². The molecule has 0 aliphatic rings. The van der Waals surface area contributed by atoms with E-state index in [1.54, 1.807) is 13.3 Å². The molecule has 0 saturated carbocycles. The first kappa shape index (κ1) is 13.6. The number of hydrogen-bond acceptors (Lipinski definition) is 5. The normalized spacial score (nSPS) is 10.2. The Bertz CT molecular complexity index is 545. The lowest BCUT2D eigenvalue weighted by Crippen LogP contribution is -2.08. The van der Waals surface area contributed by atoms with Crippen molar-refractivity contribution in [3.05, 3.63) is 40.5 Å². The standard InChI is InChI=1S/C13H15BrN4O/c1-19-10-4-2-9(3-5-10)6-7-16-12-11(14)8-17-13(15)18-12/h2-5,8H,6-7H2,1H3,(H3,15,16,17,18). The van der Waals surface area contributed by atoms with Crippen LogP contribution in [0.25, 0.3) is 0 Å². The summed E-state index contributed by atoms with van der Waals surface area (Å²) in [5, 5.41) is 3.22. The van der Waals surface area contributed by atoms with E-state index >= 15 is 0 Å². The van der Waals surface area contributed by atoms with Crippen molar-refractivity contribution in [3.63, 3.8) is 0 Å². The van der Waals surface area contributed by atoms with E-state index in [1.165, 1.54) is 5.56 Å². The maximum absolute atomic E-state index is 5.55. The predicted octanol–water partition coefficient (Wildman–Crippen LogP) is 2.48. The molecule has 0 amide bonds. The highest BCUT2D eigenvalue weighted by atomic mass is 79.9. The Morgan fingerprint density at radius 1 is 1.32 bits per heavy atom. The SMILES string of the molecule is COc1ccc(CCNc2nc(N)ncc2Br)cc1. The van der Waals surface area contributed by atoms with E-state index in [-0.39, 0.29) is 5.95 Å². The van der Waals surface area contributed by atoms with Crippen molar-refractivity contribution in [3.8, 4) is 5.75 Å². The van der Waals surface area contributed by atoms with Gasteiger partial charge in [0.2, 0.25) is 5.95 Å². The van der Waals surface area contributed by atoms with Crippen LogP contribution in [0.2, 0.25) is 0 Å². The van der Waals surface area contributed by atoms with Crippen LogP contribution in [0.3, 0.4) is 0 Å². The number of ether oxygens (including phenoxy) is 1. The first-order valence-corrected chi connectivity index (χ1v) is 6.63. The second-order valence-electron chi connectivity index (χ2n) is 3.95. The number of nitrogens with zero attached hydrogens (tertiary/aromatic N) is 2. The van der Waals surface area contributed by atoms with Gasteiger partial charge in [0.25, 0.3) is 0 Å². The number of aromatic nitrogens is 2. The minimum absolute atomic E-state index is 0.259. The van der Waals surface area contributed by atoms with Gasteiger partial charge in [-0.25, -0.2) is 4.98 Å². The van der Waals surface area contributed by atoms with Crippen LogP contribution in [-0.2, 0) is 6.42 Å². The third-order valence-corrected chi connectivity index (χ3v) is 3.21. The molecule has 6 heteroatoms. The van der Waals surface area contributed by atoms with E-state index in [2.05, 4.69) is 31.2 Å². The molecule has 19 heavy (non-hydrogen) atoms. The minimum Gasteiger partial charge on any atom is -0.497 e. The van der Waals surface area contributed by atoms with E-state index in [4.69, 9.17) is 10.5 Å². The van der Waals surface area contributed by atoms with Crippen molar-refractivity contribution in [1.82, 2.24) is 9.97 Å². The Morgan fingerprint density at radius 3 is 2.74 bits per heavy atom. The molecule has 0 aliphatic carbocycles. The maximum Gasteiger partial charge on any atom is 0.221 e. The van der Waals surface area contributed by atoms with E-state index < -0.39 is 0 Å². The second-order valence-corrected chi connectivity index (χ2v) is 4.80. The van der Waals surface area contributed by atoms with Crippen LogP contribution in [0.15, 0.2) is 34.9 Å². The van der Waals surface area contributed by atoms with Gasteiger partial charge >= 0.3 is 0 Å². The summed E-state index contributed by atoms with van der Waals surface area (Å²) in [5.41, 5.74) is 6.77. The molecule has 1 aromatic carbocycles. The molecule has 0 radical (unpaired) electrons. The summed E-state index contributed by atoms with van der Waals surface area (Å²) in [5.74, 6) is 1.83. The van der Waals surface area contributed by atoms with Gasteiger partial charge in [0.05, 0.1) is 11.6 Å². The molecule has 100 valence electrons. The second kappa shape index (κ2) is 6.38. The summed E-state index contributed by atoms with van der Waals surface area (Å²) >= 11 is 3.38. The molecule has 1 heterocycles. The fourth-order valence-electron chi connectivity index (χ4n) is 1.62. The molecule has 0 bridgehead atoms. The van der Waals surface area contributed by atoms with Gasteiger partial charge in [-0.15, -0.1) is 0 Å². The molecule has 2 aromatic rings. The van der Waals surface area contributed by atoms with Gasteiger partial charge in [0.15, 0.2) is 0 Å². The van der Waals surface area contributed by atoms with Crippen LogP contribution in [0.4, 0.5) is 11.8 Å². The first-order chi connectivity index (χ1) is 9.19.